The summed E-state index contributed by atoms with van der Waals surface area (Å²) in [4.78, 5) is 4.79. The van der Waals surface area contributed by atoms with Gasteiger partial charge in [-0.2, -0.15) is 0 Å². The second-order valence-corrected chi connectivity index (χ2v) is 6.61. The normalized spacial score (nSPS) is 20.4. The number of rotatable bonds is 2. The first-order valence-corrected chi connectivity index (χ1v) is 8.55. The molecule has 1 heterocycles. The van der Waals surface area contributed by atoms with Crippen molar-refractivity contribution in [3.05, 3.63) is 52.1 Å². The molecular weight excluding hydrogens is 324 g/mol. The molecule has 3 heteroatoms. The molecule has 110 valence electrons. The van der Waals surface area contributed by atoms with Gasteiger partial charge in [-0.15, -0.1) is 0 Å². The van der Waals surface area contributed by atoms with E-state index in [0.29, 0.717) is 0 Å². The van der Waals surface area contributed by atoms with Gasteiger partial charge in [0.15, 0.2) is 0 Å². The molecule has 0 saturated carbocycles. The Morgan fingerprint density at radius 1 is 1.10 bits per heavy atom. The molecule has 0 fully saturated rings. The van der Waals surface area contributed by atoms with Gasteiger partial charge in [-0.25, -0.2) is 4.98 Å². The predicted molar refractivity (Wildman–Crippen MR) is 92.2 cm³/mol. The van der Waals surface area contributed by atoms with Crippen molar-refractivity contribution >= 4 is 26.8 Å². The van der Waals surface area contributed by atoms with Crippen molar-refractivity contribution in [1.82, 2.24) is 4.98 Å². The lowest BCUT2D eigenvalue weighted by Gasteiger charge is -2.19. The lowest BCUT2D eigenvalue weighted by molar-refractivity contribution is 0.599. The van der Waals surface area contributed by atoms with Crippen molar-refractivity contribution in [1.29, 1.82) is 0 Å². The fourth-order valence-corrected chi connectivity index (χ4v) is 3.58. The molecule has 0 bridgehead atoms. The molecule has 2 aromatic rings. The smallest absolute Gasteiger partial charge is 0.0762 e. The van der Waals surface area contributed by atoms with Crippen LogP contribution in [0, 0.1) is 0 Å². The van der Waals surface area contributed by atoms with Crippen LogP contribution in [0.4, 0.5) is 0 Å². The molecule has 1 aliphatic carbocycles. The molecule has 0 amide bonds. The van der Waals surface area contributed by atoms with Crippen LogP contribution in [0.2, 0.25) is 0 Å². The zero-order chi connectivity index (χ0) is 14.7. The van der Waals surface area contributed by atoms with E-state index in [1.165, 1.54) is 31.3 Å². The first-order valence-electron chi connectivity index (χ1n) is 7.75. The maximum atomic E-state index is 6.52. The number of hydrogen-bond donors (Lipinski definition) is 1. The average Bonchev–Trinajstić information content (AvgIpc) is 2.45. The van der Waals surface area contributed by atoms with Crippen molar-refractivity contribution < 1.29 is 0 Å². The van der Waals surface area contributed by atoms with Gasteiger partial charge in [0.1, 0.15) is 0 Å². The summed E-state index contributed by atoms with van der Waals surface area (Å²) in [6, 6.07) is 10.2. The number of para-hydroxylation sites is 1. The molecule has 21 heavy (non-hydrogen) atoms. The topological polar surface area (TPSA) is 38.9 Å². The van der Waals surface area contributed by atoms with Crippen molar-refractivity contribution in [2.45, 2.75) is 44.6 Å². The van der Waals surface area contributed by atoms with E-state index in [0.717, 1.165) is 33.9 Å². The van der Waals surface area contributed by atoms with Crippen LogP contribution in [0.15, 0.2) is 46.5 Å². The number of aromatic nitrogens is 1. The zero-order valence-corrected chi connectivity index (χ0v) is 13.8. The van der Waals surface area contributed by atoms with Gasteiger partial charge in [-0.3, -0.25) is 0 Å². The fourth-order valence-electron chi connectivity index (χ4n) is 3.00. The van der Waals surface area contributed by atoms with E-state index in [-0.39, 0.29) is 6.04 Å². The van der Waals surface area contributed by atoms with Gasteiger partial charge in [-0.1, -0.05) is 42.7 Å². The molecule has 1 aliphatic rings. The van der Waals surface area contributed by atoms with Gasteiger partial charge in [0.25, 0.3) is 0 Å². The highest BCUT2D eigenvalue weighted by Gasteiger charge is 2.17. The Bertz CT molecular complexity index is 663. The maximum absolute atomic E-state index is 6.52. The molecule has 2 N–H and O–H groups in total. The first kappa shape index (κ1) is 14.7. The number of benzene rings is 1. The van der Waals surface area contributed by atoms with Crippen LogP contribution in [0.25, 0.3) is 10.9 Å². The van der Waals surface area contributed by atoms with E-state index in [2.05, 4.69) is 34.1 Å². The Hall–Kier alpha value is -1.19. The largest absolute Gasteiger partial charge is 0.319 e. The number of pyridine rings is 1. The first-order chi connectivity index (χ1) is 10.3. The molecular formula is C18H21BrN2. The third kappa shape index (κ3) is 3.35. The highest BCUT2D eigenvalue weighted by molar-refractivity contribution is 9.10. The van der Waals surface area contributed by atoms with E-state index in [9.17, 15) is 0 Å². The Kier molecular flexibility index (Phi) is 4.71. The number of fused-ring (bicyclic) bond motifs is 1. The Morgan fingerprint density at radius 2 is 1.90 bits per heavy atom. The number of allylic oxidation sites excluding steroid dienone is 1. The monoisotopic (exact) mass is 344 g/mol. The van der Waals surface area contributed by atoms with Crippen LogP contribution in [0.3, 0.4) is 0 Å². The maximum Gasteiger partial charge on any atom is 0.0762 e. The Balaban J connectivity index is 1.96. The predicted octanol–water partition coefficient (Wildman–Crippen LogP) is 5.28. The summed E-state index contributed by atoms with van der Waals surface area (Å²) in [5.74, 6) is 0. The zero-order valence-electron chi connectivity index (χ0n) is 12.2. The molecule has 3 rings (SSSR count). The number of nitrogens with two attached hydrogens (primary N) is 1. The molecule has 0 radical (unpaired) electrons. The second kappa shape index (κ2) is 6.71. The minimum atomic E-state index is -0.0953. The minimum absolute atomic E-state index is 0.0953. The van der Waals surface area contributed by atoms with Crippen LogP contribution < -0.4 is 5.73 Å². The van der Waals surface area contributed by atoms with Crippen LogP contribution in [-0.4, -0.2) is 4.98 Å². The second-order valence-electron chi connectivity index (χ2n) is 5.76. The summed E-state index contributed by atoms with van der Waals surface area (Å²) in [5, 5.41) is 1.15. The molecule has 2 nitrogen and oxygen atoms in total. The van der Waals surface area contributed by atoms with Crippen molar-refractivity contribution in [2.75, 3.05) is 0 Å². The Labute approximate surface area is 134 Å². The molecule has 1 unspecified atom stereocenters. The highest BCUT2D eigenvalue weighted by Crippen LogP contribution is 2.31. The van der Waals surface area contributed by atoms with E-state index in [1.807, 2.05) is 18.2 Å². The van der Waals surface area contributed by atoms with E-state index < -0.39 is 0 Å². The summed E-state index contributed by atoms with van der Waals surface area (Å²) in [5.41, 5.74) is 9.84. The summed E-state index contributed by atoms with van der Waals surface area (Å²) < 4.78 is 1.01. The molecule has 0 saturated heterocycles. The van der Waals surface area contributed by atoms with Crippen LogP contribution in [0.5, 0.6) is 0 Å². The quantitative estimate of drug-likeness (QED) is 0.752. The van der Waals surface area contributed by atoms with Crippen LogP contribution in [0.1, 0.15) is 50.3 Å². The number of halogens is 1. The molecule has 0 aliphatic heterocycles. The Morgan fingerprint density at radius 3 is 2.81 bits per heavy atom. The molecule has 0 spiro atoms. The number of hydrogen-bond acceptors (Lipinski definition) is 2. The van der Waals surface area contributed by atoms with E-state index >= 15 is 0 Å². The van der Waals surface area contributed by atoms with Gasteiger partial charge in [0.05, 0.1) is 17.3 Å². The van der Waals surface area contributed by atoms with Gasteiger partial charge >= 0.3 is 0 Å². The van der Waals surface area contributed by atoms with Crippen molar-refractivity contribution in [2.24, 2.45) is 5.73 Å². The fraction of sp³-hybridized carbons (Fsp3) is 0.389. The van der Waals surface area contributed by atoms with Crippen molar-refractivity contribution in [3.8, 4) is 0 Å². The molecule has 1 atom stereocenters. The van der Waals surface area contributed by atoms with Gasteiger partial charge in [0, 0.05) is 9.86 Å². The summed E-state index contributed by atoms with van der Waals surface area (Å²) >= 11 is 3.65. The summed E-state index contributed by atoms with van der Waals surface area (Å²) in [6.07, 6.45) is 9.77. The minimum Gasteiger partial charge on any atom is -0.319 e. The lowest BCUT2D eigenvalue weighted by Crippen LogP contribution is -2.16. The van der Waals surface area contributed by atoms with Crippen molar-refractivity contribution in [3.63, 3.8) is 0 Å². The average molecular weight is 345 g/mol. The third-order valence-corrected chi connectivity index (χ3v) is 4.86. The number of nitrogens with zero attached hydrogens (tertiary/aromatic N) is 1. The lowest BCUT2D eigenvalue weighted by atomic mass is 9.93. The van der Waals surface area contributed by atoms with Gasteiger partial charge < -0.3 is 5.73 Å². The third-order valence-electron chi connectivity index (χ3n) is 4.22. The highest BCUT2D eigenvalue weighted by atomic mass is 79.9. The van der Waals surface area contributed by atoms with Gasteiger partial charge in [0.2, 0.25) is 0 Å². The SMILES string of the molecule is NC(/C1=C/CCCCCC1)c1nc2ccccc2cc1Br. The molecule has 1 aromatic heterocycles. The van der Waals surface area contributed by atoms with Crippen LogP contribution in [-0.2, 0) is 0 Å². The van der Waals surface area contributed by atoms with Gasteiger partial charge in [-0.05, 0) is 53.7 Å². The standard InChI is InChI=1S/C18H21BrN2/c19-15-12-14-10-6-7-11-16(14)21-18(15)17(20)13-8-4-2-1-3-5-9-13/h6-8,10-12,17H,1-5,9,20H2/b13-8+. The summed E-state index contributed by atoms with van der Waals surface area (Å²) in [6.45, 7) is 0. The van der Waals surface area contributed by atoms with E-state index in [4.69, 9.17) is 10.7 Å². The molecule has 1 aromatic carbocycles. The summed E-state index contributed by atoms with van der Waals surface area (Å²) in [7, 11) is 0. The van der Waals surface area contributed by atoms with Crippen LogP contribution >= 0.6 is 15.9 Å². The van der Waals surface area contributed by atoms with E-state index in [1.54, 1.807) is 0 Å².